The Morgan fingerprint density at radius 1 is 0.811 bits per heavy atom. The van der Waals surface area contributed by atoms with Crippen molar-refractivity contribution in [1.29, 1.82) is 5.26 Å². The van der Waals surface area contributed by atoms with Crippen LogP contribution in [0.1, 0.15) is 80.9 Å². The van der Waals surface area contributed by atoms with Crippen molar-refractivity contribution >= 4 is 41.0 Å². The molecule has 0 spiro atoms. The molecular weight excluding hydrogens is 681 g/mol. The van der Waals surface area contributed by atoms with E-state index in [9.17, 15) is 24.4 Å². The van der Waals surface area contributed by atoms with Crippen LogP contribution < -0.4 is 10.2 Å². The molecule has 0 radical (unpaired) electrons. The molecule has 3 aromatic carbocycles. The first-order chi connectivity index (χ1) is 25.8. The molecule has 0 unspecified atom stereocenters. The number of amides is 3. The molecule has 3 fully saturated rings. The van der Waals surface area contributed by atoms with E-state index < -0.39 is 23.9 Å². The molecule has 0 aromatic heterocycles. The number of ketones is 1. The number of aryl methyl sites for hydroxylation is 1. The summed E-state index contributed by atoms with van der Waals surface area (Å²) < 4.78 is 0. The Bertz CT molecular complexity index is 1760. The van der Waals surface area contributed by atoms with Crippen LogP contribution in [0.4, 0.5) is 5.69 Å². The third-order valence-corrected chi connectivity index (χ3v) is 12.6. The number of carbonyl (C=O) groups is 4. The molecule has 6 atom stereocenters. The zero-order chi connectivity index (χ0) is 37.2. The summed E-state index contributed by atoms with van der Waals surface area (Å²) in [5.74, 6) is -0.776. The van der Waals surface area contributed by atoms with E-state index >= 15 is 0 Å². The highest BCUT2D eigenvalue weighted by atomic mass is 32.2. The molecule has 3 heterocycles. The van der Waals surface area contributed by atoms with E-state index in [0.717, 1.165) is 53.8 Å². The molecule has 0 saturated carbocycles. The Balaban J connectivity index is 1.20. The summed E-state index contributed by atoms with van der Waals surface area (Å²) >= 11 is 1.74. The number of piperidine rings is 1. The quantitative estimate of drug-likeness (QED) is 0.196. The van der Waals surface area contributed by atoms with Gasteiger partial charge in [0, 0.05) is 36.4 Å². The van der Waals surface area contributed by atoms with Gasteiger partial charge in [-0.1, -0.05) is 78.9 Å². The highest BCUT2D eigenvalue weighted by Gasteiger charge is 2.41. The number of Topliss-reactive ketones (excluding diaryl/α,β-unsaturated/α-hetero) is 1. The summed E-state index contributed by atoms with van der Waals surface area (Å²) in [4.78, 5) is 60.1. The lowest BCUT2D eigenvalue weighted by Gasteiger charge is -2.38. The van der Waals surface area contributed by atoms with Crippen LogP contribution in [0.15, 0.2) is 84.9 Å². The van der Waals surface area contributed by atoms with Gasteiger partial charge in [0.05, 0.1) is 11.4 Å². The predicted octanol–water partition coefficient (Wildman–Crippen LogP) is 7.44. The number of hydrogen-bond donors (Lipinski definition) is 1. The second-order valence-corrected chi connectivity index (χ2v) is 16.3. The second-order valence-electron chi connectivity index (χ2n) is 15.0. The van der Waals surface area contributed by atoms with Gasteiger partial charge in [-0.25, -0.2) is 0 Å². The van der Waals surface area contributed by atoms with Gasteiger partial charge in [-0.15, -0.1) is 11.8 Å². The molecule has 53 heavy (non-hydrogen) atoms. The second kappa shape index (κ2) is 18.6. The number of thioether (sulfide) groups is 1. The Labute approximate surface area is 318 Å². The molecule has 3 amide bonds. The van der Waals surface area contributed by atoms with Crippen LogP contribution in [-0.2, 0) is 32.0 Å². The number of carbonyl (C=O) groups excluding carboxylic acids is 4. The molecule has 1 N–H and O–H groups in total. The summed E-state index contributed by atoms with van der Waals surface area (Å²) in [6, 6.07) is 29.0. The van der Waals surface area contributed by atoms with Gasteiger partial charge in [0.2, 0.25) is 17.7 Å². The van der Waals surface area contributed by atoms with Crippen LogP contribution in [0.25, 0.3) is 0 Å². The molecule has 3 aromatic rings. The van der Waals surface area contributed by atoms with Crippen LogP contribution in [0.3, 0.4) is 0 Å². The summed E-state index contributed by atoms with van der Waals surface area (Å²) in [6.45, 7) is 2.62. The molecule has 9 heteroatoms. The Kier molecular flexibility index (Phi) is 13.4. The zero-order valence-electron chi connectivity index (χ0n) is 30.8. The lowest BCUT2D eigenvalue weighted by atomic mass is 9.82. The van der Waals surface area contributed by atoms with Gasteiger partial charge in [0.1, 0.15) is 17.9 Å². The Hall–Kier alpha value is -4.42. The number of nitrogens with zero attached hydrogens (tertiary/aromatic N) is 3. The summed E-state index contributed by atoms with van der Waals surface area (Å²) in [6.07, 6.45) is 7.48. The van der Waals surface area contributed by atoms with Crippen molar-refractivity contribution in [3.05, 3.63) is 102 Å². The van der Waals surface area contributed by atoms with Gasteiger partial charge in [-0.3, -0.25) is 19.2 Å². The van der Waals surface area contributed by atoms with Crippen molar-refractivity contribution in [2.45, 2.75) is 101 Å². The number of rotatable bonds is 13. The number of anilines is 1. The van der Waals surface area contributed by atoms with Crippen LogP contribution in [0.5, 0.6) is 0 Å². The van der Waals surface area contributed by atoms with Crippen LogP contribution in [0, 0.1) is 36.0 Å². The molecule has 8 nitrogen and oxygen atoms in total. The van der Waals surface area contributed by atoms with Gasteiger partial charge >= 0.3 is 0 Å². The maximum absolute atomic E-state index is 14.3. The summed E-state index contributed by atoms with van der Waals surface area (Å²) in [5, 5.41) is 13.0. The summed E-state index contributed by atoms with van der Waals surface area (Å²) in [5.41, 5.74) is 3.97. The fourth-order valence-corrected chi connectivity index (χ4v) is 9.74. The number of fused-ring (bicyclic) bond motifs is 1. The Morgan fingerprint density at radius 3 is 2.17 bits per heavy atom. The number of para-hydroxylation sites is 1. The fourth-order valence-electron chi connectivity index (χ4n) is 8.30. The van der Waals surface area contributed by atoms with E-state index in [1.54, 1.807) is 16.7 Å². The normalized spacial score (nSPS) is 23.2. The van der Waals surface area contributed by atoms with Crippen molar-refractivity contribution in [3.63, 3.8) is 0 Å². The summed E-state index contributed by atoms with van der Waals surface area (Å²) in [7, 11) is 0. The topological polar surface area (TPSA) is 111 Å². The fraction of sp³-hybridized carbons (Fsp3) is 0.477. The van der Waals surface area contributed by atoms with Crippen molar-refractivity contribution in [3.8, 4) is 6.07 Å². The molecule has 0 aliphatic carbocycles. The van der Waals surface area contributed by atoms with Crippen LogP contribution in [0.2, 0.25) is 0 Å². The Morgan fingerprint density at radius 2 is 1.47 bits per heavy atom. The third-order valence-electron chi connectivity index (χ3n) is 11.3. The highest BCUT2D eigenvalue weighted by Crippen LogP contribution is 2.37. The van der Waals surface area contributed by atoms with E-state index in [-0.39, 0.29) is 41.2 Å². The molecule has 0 bridgehead atoms. The molecular formula is C44H52N4O4S. The van der Waals surface area contributed by atoms with Gasteiger partial charge < -0.3 is 15.1 Å². The number of hydrogen-bond acceptors (Lipinski definition) is 6. The molecule has 3 aliphatic rings. The predicted molar refractivity (Wildman–Crippen MR) is 210 cm³/mol. The smallest absolute Gasteiger partial charge is 0.249 e. The number of nitrogens with one attached hydrogen (secondary N) is 1. The van der Waals surface area contributed by atoms with Gasteiger partial charge in [0.15, 0.2) is 0 Å². The van der Waals surface area contributed by atoms with Crippen molar-refractivity contribution < 1.29 is 19.2 Å². The van der Waals surface area contributed by atoms with Crippen LogP contribution >= 0.6 is 11.8 Å². The minimum Gasteiger partial charge on any atom is -0.344 e. The van der Waals surface area contributed by atoms with Gasteiger partial charge in [-0.2, -0.15) is 5.26 Å². The SMILES string of the molecule is Cc1ccccc1N1CCCC[C@H](NC(=O)[C@H](CC[C@H](Cc2ccccc2)C(=O)C[C@H]2CCS[C@H]3CCC[C@@H](C#N)N3C2=O)Cc2ccccc2)C1=O. The first-order valence-corrected chi connectivity index (χ1v) is 20.5. The maximum atomic E-state index is 14.3. The average molecular weight is 733 g/mol. The molecule has 3 saturated heterocycles. The first-order valence-electron chi connectivity index (χ1n) is 19.4. The van der Waals surface area contributed by atoms with E-state index in [0.29, 0.717) is 51.5 Å². The van der Waals surface area contributed by atoms with E-state index in [1.165, 1.54) is 0 Å². The monoisotopic (exact) mass is 732 g/mol. The van der Waals surface area contributed by atoms with Crippen molar-refractivity contribution in [2.24, 2.45) is 17.8 Å². The average Bonchev–Trinajstić information content (AvgIpc) is 3.46. The lowest BCUT2D eigenvalue weighted by molar-refractivity contribution is -0.141. The molecule has 6 rings (SSSR count). The van der Waals surface area contributed by atoms with Gasteiger partial charge in [0.25, 0.3) is 0 Å². The minimum atomic E-state index is -0.625. The highest BCUT2D eigenvalue weighted by molar-refractivity contribution is 7.99. The van der Waals surface area contributed by atoms with E-state index in [1.807, 2.05) is 96.8 Å². The van der Waals surface area contributed by atoms with Crippen LogP contribution in [-0.4, -0.2) is 58.2 Å². The first kappa shape index (κ1) is 38.3. The van der Waals surface area contributed by atoms with E-state index in [2.05, 4.69) is 11.4 Å². The molecule has 3 aliphatic heterocycles. The third kappa shape index (κ3) is 9.77. The molecule has 278 valence electrons. The van der Waals surface area contributed by atoms with Crippen molar-refractivity contribution in [1.82, 2.24) is 10.2 Å². The number of benzene rings is 3. The van der Waals surface area contributed by atoms with Crippen molar-refractivity contribution in [2.75, 3.05) is 17.2 Å². The van der Waals surface area contributed by atoms with Gasteiger partial charge in [-0.05, 0) is 106 Å². The lowest BCUT2D eigenvalue weighted by Crippen LogP contribution is -2.49. The standard InChI is InChI=1S/C44H52N4O4S/c1-31-13-8-9-20-39(31)47-25-11-10-19-38(44(47)52)46-42(50)35(28-33-16-6-3-7-17-33)23-22-34(27-32-14-4-2-5-15-32)40(49)29-36-24-26-53-41-21-12-18-37(30-45)48(41)43(36)51/h2-9,13-17,20,34-38,41H,10-12,18-19,21-29H2,1H3,(H,46,50)/t34-,35-,36-,37+,38+,41+/m1/s1. The zero-order valence-corrected chi connectivity index (χ0v) is 31.6. The largest absolute Gasteiger partial charge is 0.344 e. The number of nitriles is 1. The minimum absolute atomic E-state index is 0.00233. The van der Waals surface area contributed by atoms with E-state index in [4.69, 9.17) is 0 Å². The maximum Gasteiger partial charge on any atom is 0.249 e.